The minimum atomic E-state index is -2.28. The van der Waals surface area contributed by atoms with E-state index in [0.717, 1.165) is 0 Å². The molecule has 1 rings (SSSR count). The number of carboxylic acids is 2. The minimum Gasteiger partial charge on any atom is -0.481 e. The summed E-state index contributed by atoms with van der Waals surface area (Å²) in [4.78, 5) is 60.1. The zero-order valence-corrected chi connectivity index (χ0v) is 19.9. The molecule has 32 heavy (non-hydrogen) atoms. The molecule has 0 saturated heterocycles. The number of carbonyl (C=O) groups excluding carboxylic acids is 3. The van der Waals surface area contributed by atoms with Crippen LogP contribution in [0.2, 0.25) is 0 Å². The lowest BCUT2D eigenvalue weighted by Gasteiger charge is -2.43. The molecule has 1 aliphatic rings. The van der Waals surface area contributed by atoms with Gasteiger partial charge >= 0.3 is 17.9 Å². The van der Waals surface area contributed by atoms with Gasteiger partial charge in [0.25, 0.3) is 0 Å². The summed E-state index contributed by atoms with van der Waals surface area (Å²) in [6, 6.07) is 0. The van der Waals surface area contributed by atoms with Crippen LogP contribution in [0.3, 0.4) is 0 Å². The van der Waals surface area contributed by atoms with Crippen LogP contribution in [0.1, 0.15) is 26.2 Å². The fraction of sp³-hybridized carbons (Fsp3) is 0.762. The fourth-order valence-electron chi connectivity index (χ4n) is 3.73. The molecule has 3 atom stereocenters. The molecule has 1 fully saturated rings. The van der Waals surface area contributed by atoms with E-state index < -0.39 is 59.6 Å². The summed E-state index contributed by atoms with van der Waals surface area (Å²) >= 11 is 0. The molecule has 0 aliphatic heterocycles. The lowest BCUT2D eigenvalue weighted by molar-refractivity contribution is -0.874. The topological polar surface area (TPSA) is 144 Å². The molecule has 0 radical (unpaired) electrons. The Morgan fingerprint density at radius 3 is 1.81 bits per heavy atom. The van der Waals surface area contributed by atoms with Gasteiger partial charge in [0.1, 0.15) is 19.2 Å². The van der Waals surface area contributed by atoms with Crippen molar-refractivity contribution in [3.63, 3.8) is 0 Å². The van der Waals surface area contributed by atoms with E-state index in [1.54, 1.807) is 21.1 Å². The molecule has 0 spiro atoms. The van der Waals surface area contributed by atoms with Crippen molar-refractivity contribution < 1.29 is 52.6 Å². The van der Waals surface area contributed by atoms with Crippen LogP contribution in [-0.2, 0) is 33.4 Å². The van der Waals surface area contributed by atoms with E-state index in [9.17, 15) is 29.1 Å². The largest absolute Gasteiger partial charge is 0.481 e. The molecule has 0 heterocycles. The quantitative estimate of drug-likeness (QED) is 0.212. The van der Waals surface area contributed by atoms with Crippen LogP contribution in [0.25, 0.3) is 0 Å². The lowest BCUT2D eigenvalue weighted by atomic mass is 9.62. The van der Waals surface area contributed by atoms with Crippen molar-refractivity contribution in [3.05, 3.63) is 0 Å². The average Bonchev–Trinajstić information content (AvgIpc) is 2.49. The zero-order chi connectivity index (χ0) is 25.1. The molecule has 0 aromatic heterocycles. The first-order chi connectivity index (χ1) is 14.4. The van der Waals surface area contributed by atoms with Crippen LogP contribution in [0.4, 0.5) is 0 Å². The monoisotopic (exact) mass is 460 g/mol. The second-order valence-corrected chi connectivity index (χ2v) is 10.4. The molecule has 11 heteroatoms. The highest BCUT2D eigenvalue weighted by molar-refractivity contribution is 6.36. The maximum Gasteiger partial charge on any atom is 0.327 e. The number of hydrogen-bond acceptors (Lipinski definition) is 7. The number of likely N-dealkylation sites (N-methyl/N-ethyl adjacent to an activating group) is 2. The van der Waals surface area contributed by atoms with E-state index in [1.165, 1.54) is 6.92 Å². The SMILES string of the molecule is CC(CC(=O)OC(CC(=O)O)C[N+](C)(C)C)OC(C[N+](C)(C)C)C1(C(=O)O)C(=O)CC1=O. The number of quaternary nitrogens is 2. The van der Waals surface area contributed by atoms with Gasteiger partial charge in [0, 0.05) is 0 Å². The van der Waals surface area contributed by atoms with Crippen LogP contribution in [0.15, 0.2) is 0 Å². The van der Waals surface area contributed by atoms with Crippen molar-refractivity contribution in [3.8, 4) is 0 Å². The van der Waals surface area contributed by atoms with E-state index >= 15 is 0 Å². The number of aliphatic carboxylic acids is 2. The van der Waals surface area contributed by atoms with Gasteiger partial charge in [-0.15, -0.1) is 0 Å². The van der Waals surface area contributed by atoms with Gasteiger partial charge in [-0.25, -0.2) is 0 Å². The Morgan fingerprint density at radius 2 is 1.44 bits per heavy atom. The molecule has 3 unspecified atom stereocenters. The summed E-state index contributed by atoms with van der Waals surface area (Å²) in [5.74, 6) is -4.80. The normalized spacial score (nSPS) is 19.0. The number of ketones is 2. The molecule has 0 aromatic rings. The summed E-state index contributed by atoms with van der Waals surface area (Å²) in [7, 11) is 10.8. The van der Waals surface area contributed by atoms with Crippen molar-refractivity contribution >= 4 is 29.5 Å². The van der Waals surface area contributed by atoms with Gasteiger partial charge in [0.05, 0.1) is 67.7 Å². The van der Waals surface area contributed by atoms with Crippen molar-refractivity contribution in [2.24, 2.45) is 5.41 Å². The van der Waals surface area contributed by atoms with Gasteiger partial charge in [-0.3, -0.25) is 24.0 Å². The van der Waals surface area contributed by atoms with Crippen LogP contribution in [-0.4, -0.2) is 122 Å². The molecule has 1 aliphatic carbocycles. The summed E-state index contributed by atoms with van der Waals surface area (Å²) in [6.07, 6.45) is -4.09. The summed E-state index contributed by atoms with van der Waals surface area (Å²) in [5, 5.41) is 18.8. The summed E-state index contributed by atoms with van der Waals surface area (Å²) in [6.45, 7) is 1.84. The van der Waals surface area contributed by atoms with Crippen molar-refractivity contribution in [2.75, 3.05) is 55.4 Å². The van der Waals surface area contributed by atoms with E-state index in [-0.39, 0.29) is 30.4 Å². The smallest absolute Gasteiger partial charge is 0.327 e. The molecule has 11 nitrogen and oxygen atoms in total. The second kappa shape index (κ2) is 10.1. The predicted octanol–water partition coefficient (Wildman–Crippen LogP) is -0.438. The van der Waals surface area contributed by atoms with E-state index in [1.807, 2.05) is 21.1 Å². The standard InChI is InChI=1S/C21H34N2O9/c1-13(8-19(28)32-14(9-18(26)27)11-22(2,3)4)31-17(12-23(5,6)7)21(20(29)30)15(24)10-16(21)25/h13-14,17H,8-12H2,1-7H3/p+2. The summed E-state index contributed by atoms with van der Waals surface area (Å²) in [5.41, 5.74) is -2.28. The molecular formula is C21H36N2O9+2. The Labute approximate surface area is 188 Å². The molecule has 2 N–H and O–H groups in total. The van der Waals surface area contributed by atoms with Gasteiger partial charge in [-0.05, 0) is 6.92 Å². The second-order valence-electron chi connectivity index (χ2n) is 10.4. The number of hydrogen-bond donors (Lipinski definition) is 2. The molecule has 0 bridgehead atoms. The van der Waals surface area contributed by atoms with Crippen molar-refractivity contribution in [1.82, 2.24) is 0 Å². The average molecular weight is 461 g/mol. The van der Waals surface area contributed by atoms with Crippen molar-refractivity contribution in [1.29, 1.82) is 0 Å². The molecular weight excluding hydrogens is 424 g/mol. The van der Waals surface area contributed by atoms with E-state index in [2.05, 4.69) is 0 Å². The molecule has 0 aromatic carbocycles. The first-order valence-corrected chi connectivity index (χ1v) is 10.4. The summed E-state index contributed by atoms with van der Waals surface area (Å²) < 4.78 is 11.8. The Kier molecular flexibility index (Phi) is 8.69. The minimum absolute atomic E-state index is 0.0479. The third-order valence-electron chi connectivity index (χ3n) is 5.04. The third kappa shape index (κ3) is 7.35. The molecule has 182 valence electrons. The number of carboxylic acid groups (broad SMARTS) is 2. The van der Waals surface area contributed by atoms with Gasteiger partial charge in [-0.2, -0.15) is 0 Å². The number of ether oxygens (including phenoxy) is 2. The van der Waals surface area contributed by atoms with Crippen molar-refractivity contribution in [2.45, 2.75) is 44.5 Å². The lowest BCUT2D eigenvalue weighted by Crippen LogP contribution is -2.67. The van der Waals surface area contributed by atoms with Crippen LogP contribution >= 0.6 is 0 Å². The van der Waals surface area contributed by atoms with Gasteiger partial charge in [0.15, 0.2) is 17.7 Å². The Balaban J connectivity index is 2.96. The van der Waals surface area contributed by atoms with E-state index in [0.29, 0.717) is 4.48 Å². The van der Waals surface area contributed by atoms with E-state index in [4.69, 9.17) is 14.6 Å². The molecule has 1 saturated carbocycles. The number of Topliss-reactive ketones (excluding diaryl/α,β-unsaturated/α-hetero) is 2. The van der Waals surface area contributed by atoms with Gasteiger partial charge in [-0.1, -0.05) is 0 Å². The number of esters is 1. The third-order valence-corrected chi connectivity index (χ3v) is 5.04. The Hall–Kier alpha value is -2.37. The maximum atomic E-state index is 12.4. The first kappa shape index (κ1) is 27.7. The Bertz CT molecular complexity index is 736. The van der Waals surface area contributed by atoms with Crippen LogP contribution in [0.5, 0.6) is 0 Å². The number of nitrogens with zero attached hydrogens (tertiary/aromatic N) is 2. The van der Waals surface area contributed by atoms with Gasteiger partial charge in [0.2, 0.25) is 5.41 Å². The number of carbonyl (C=O) groups is 5. The Morgan fingerprint density at radius 1 is 0.938 bits per heavy atom. The van der Waals surface area contributed by atoms with Crippen LogP contribution in [0, 0.1) is 5.41 Å². The van der Waals surface area contributed by atoms with Gasteiger partial charge < -0.3 is 28.7 Å². The molecule has 0 amide bonds. The van der Waals surface area contributed by atoms with Crippen LogP contribution < -0.4 is 0 Å². The maximum absolute atomic E-state index is 12.4. The fourth-order valence-corrected chi connectivity index (χ4v) is 3.73. The highest BCUT2D eigenvalue weighted by Gasteiger charge is 2.67. The number of rotatable bonds is 13. The predicted molar refractivity (Wildman–Crippen MR) is 112 cm³/mol. The zero-order valence-electron chi connectivity index (χ0n) is 19.9. The first-order valence-electron chi connectivity index (χ1n) is 10.4. The highest BCUT2D eigenvalue weighted by atomic mass is 16.6. The highest BCUT2D eigenvalue weighted by Crippen LogP contribution is 2.40.